The molecule has 30 heavy (non-hydrogen) atoms. The summed E-state index contributed by atoms with van der Waals surface area (Å²) in [5.41, 5.74) is 5.47. The van der Waals surface area contributed by atoms with E-state index in [1.807, 2.05) is 25.1 Å². The first kappa shape index (κ1) is 21.0. The fourth-order valence-corrected chi connectivity index (χ4v) is 3.41. The first-order valence-corrected chi connectivity index (χ1v) is 9.79. The fraction of sp³-hybridized carbons (Fsp3) is 0.273. The molecule has 8 heteroatoms. The van der Waals surface area contributed by atoms with Gasteiger partial charge in [-0.2, -0.15) is 0 Å². The Morgan fingerprint density at radius 1 is 0.967 bits per heavy atom. The Kier molecular flexibility index (Phi) is 6.15. The smallest absolute Gasteiger partial charge is 0.319 e. The van der Waals surface area contributed by atoms with E-state index in [1.54, 1.807) is 43.3 Å². The lowest BCUT2D eigenvalue weighted by atomic mass is 9.87. The topological polar surface area (TPSA) is 108 Å². The van der Waals surface area contributed by atoms with Crippen molar-refractivity contribution in [2.75, 3.05) is 6.54 Å². The molecule has 5 amide bonds. The predicted octanol–water partition coefficient (Wildman–Crippen LogP) is 1.87. The second-order valence-electron chi connectivity index (χ2n) is 7.00. The van der Waals surface area contributed by atoms with Gasteiger partial charge in [0.1, 0.15) is 12.1 Å². The Balaban J connectivity index is 1.63. The van der Waals surface area contributed by atoms with Crippen LogP contribution in [0, 0.1) is 0 Å². The predicted molar refractivity (Wildman–Crippen MR) is 110 cm³/mol. The summed E-state index contributed by atoms with van der Waals surface area (Å²) in [7, 11) is 0. The number of rotatable bonds is 6. The zero-order valence-corrected chi connectivity index (χ0v) is 16.9. The third-order valence-corrected chi connectivity index (χ3v) is 5.21. The van der Waals surface area contributed by atoms with Crippen LogP contribution in [0.25, 0.3) is 0 Å². The lowest BCUT2D eigenvalue weighted by Gasteiger charge is -2.25. The highest BCUT2D eigenvalue weighted by atomic mass is 16.2. The number of nitrogens with zero attached hydrogens (tertiary/aromatic N) is 1. The molecule has 0 saturated carbocycles. The van der Waals surface area contributed by atoms with Crippen molar-refractivity contribution >= 4 is 23.8 Å². The van der Waals surface area contributed by atoms with Gasteiger partial charge >= 0.3 is 6.03 Å². The molecule has 8 nitrogen and oxygen atoms in total. The molecule has 3 rings (SSSR count). The summed E-state index contributed by atoms with van der Waals surface area (Å²) in [5, 5.41) is 2.71. The van der Waals surface area contributed by atoms with Crippen LogP contribution in [0.15, 0.2) is 54.6 Å². The van der Waals surface area contributed by atoms with Gasteiger partial charge < -0.3 is 5.32 Å². The van der Waals surface area contributed by atoms with Gasteiger partial charge in [-0.05, 0) is 36.1 Å². The van der Waals surface area contributed by atoms with E-state index in [0.29, 0.717) is 17.5 Å². The average Bonchev–Trinajstić information content (AvgIpc) is 3.03. The molecule has 156 valence electrons. The number of carbonyl (C=O) groups excluding carboxylic acids is 4. The average molecular weight is 408 g/mol. The first-order chi connectivity index (χ1) is 14.4. The van der Waals surface area contributed by atoms with Crippen LogP contribution in [0.1, 0.15) is 41.8 Å². The number of hydrazine groups is 1. The van der Waals surface area contributed by atoms with Gasteiger partial charge in [-0.3, -0.25) is 30.1 Å². The molecule has 1 aliphatic rings. The van der Waals surface area contributed by atoms with E-state index in [4.69, 9.17) is 0 Å². The van der Waals surface area contributed by atoms with Crippen molar-refractivity contribution < 1.29 is 19.2 Å². The van der Waals surface area contributed by atoms with E-state index in [1.165, 1.54) is 0 Å². The Hall–Kier alpha value is -3.68. The van der Waals surface area contributed by atoms with Crippen LogP contribution in [0.2, 0.25) is 0 Å². The molecule has 1 fully saturated rings. The maximum absolute atomic E-state index is 13.0. The normalized spacial score (nSPS) is 18.1. The Morgan fingerprint density at radius 2 is 1.63 bits per heavy atom. The van der Waals surface area contributed by atoms with Crippen LogP contribution >= 0.6 is 0 Å². The second kappa shape index (κ2) is 8.77. The van der Waals surface area contributed by atoms with E-state index in [9.17, 15) is 19.2 Å². The van der Waals surface area contributed by atoms with E-state index in [-0.39, 0.29) is 0 Å². The Bertz CT molecular complexity index is 959. The highest BCUT2D eigenvalue weighted by Crippen LogP contribution is 2.32. The number of aryl methyl sites for hydroxylation is 1. The molecule has 2 aromatic rings. The summed E-state index contributed by atoms with van der Waals surface area (Å²) in [5.74, 6) is -1.68. The summed E-state index contributed by atoms with van der Waals surface area (Å²) in [6.45, 7) is 3.29. The van der Waals surface area contributed by atoms with Crippen molar-refractivity contribution in [2.24, 2.45) is 0 Å². The van der Waals surface area contributed by atoms with Crippen LogP contribution in [-0.2, 0) is 21.5 Å². The molecule has 2 aromatic carbocycles. The zero-order chi connectivity index (χ0) is 21.7. The van der Waals surface area contributed by atoms with Crippen LogP contribution < -0.4 is 16.2 Å². The van der Waals surface area contributed by atoms with Crippen molar-refractivity contribution in [3.63, 3.8) is 0 Å². The summed E-state index contributed by atoms with van der Waals surface area (Å²) < 4.78 is 0. The first-order valence-electron chi connectivity index (χ1n) is 9.79. The van der Waals surface area contributed by atoms with Crippen molar-refractivity contribution in [3.05, 3.63) is 71.3 Å². The maximum atomic E-state index is 13.0. The van der Waals surface area contributed by atoms with Gasteiger partial charge in [0.2, 0.25) is 0 Å². The minimum Gasteiger partial charge on any atom is -0.319 e. The molecular formula is C22H24N4O4. The Morgan fingerprint density at radius 3 is 2.23 bits per heavy atom. The van der Waals surface area contributed by atoms with Crippen LogP contribution in [-0.4, -0.2) is 35.2 Å². The fourth-order valence-electron chi connectivity index (χ4n) is 3.41. The van der Waals surface area contributed by atoms with Crippen molar-refractivity contribution in [1.29, 1.82) is 0 Å². The van der Waals surface area contributed by atoms with Crippen molar-refractivity contribution in [1.82, 2.24) is 21.1 Å². The van der Waals surface area contributed by atoms with Crippen molar-refractivity contribution in [2.45, 2.75) is 32.2 Å². The number of nitrogens with one attached hydrogen (secondary N) is 3. The van der Waals surface area contributed by atoms with Gasteiger partial charge in [0.25, 0.3) is 17.7 Å². The zero-order valence-electron chi connectivity index (χ0n) is 16.9. The van der Waals surface area contributed by atoms with Gasteiger partial charge in [-0.15, -0.1) is 0 Å². The van der Waals surface area contributed by atoms with Crippen LogP contribution in [0.5, 0.6) is 0 Å². The van der Waals surface area contributed by atoms with Gasteiger partial charge in [0, 0.05) is 5.56 Å². The Labute approximate surface area is 174 Å². The minimum atomic E-state index is -1.21. The highest BCUT2D eigenvalue weighted by Gasteiger charge is 2.51. The second-order valence-corrected chi connectivity index (χ2v) is 7.00. The number of hydrogen-bond acceptors (Lipinski definition) is 4. The number of amides is 5. The summed E-state index contributed by atoms with van der Waals surface area (Å²) >= 11 is 0. The van der Waals surface area contributed by atoms with Crippen molar-refractivity contribution in [3.8, 4) is 0 Å². The van der Waals surface area contributed by atoms with E-state index in [0.717, 1.165) is 16.9 Å². The van der Waals surface area contributed by atoms with Crippen LogP contribution in [0.4, 0.5) is 4.79 Å². The molecule has 3 N–H and O–H groups in total. The molecule has 1 atom stereocenters. The van der Waals surface area contributed by atoms with Crippen LogP contribution in [0.3, 0.4) is 0 Å². The highest BCUT2D eigenvalue weighted by molar-refractivity contribution is 6.09. The largest absolute Gasteiger partial charge is 0.325 e. The number of hydrogen-bond donors (Lipinski definition) is 3. The third-order valence-electron chi connectivity index (χ3n) is 5.21. The quantitative estimate of drug-likeness (QED) is 0.501. The molecule has 0 spiro atoms. The SMILES string of the molecule is CCc1ccc(C(=O)NNC(=O)CN2C(=O)N[C@](CC)(c3ccccc3)C2=O)cc1. The maximum Gasteiger partial charge on any atom is 0.325 e. The molecule has 0 bridgehead atoms. The molecule has 1 saturated heterocycles. The molecule has 1 aliphatic heterocycles. The minimum absolute atomic E-state index is 0.337. The van der Waals surface area contributed by atoms with Gasteiger partial charge in [-0.1, -0.05) is 56.3 Å². The lowest BCUT2D eigenvalue weighted by molar-refractivity contribution is -0.135. The summed E-state index contributed by atoms with van der Waals surface area (Å²) in [6.07, 6.45) is 1.19. The van der Waals surface area contributed by atoms with Gasteiger partial charge in [0.15, 0.2) is 0 Å². The monoisotopic (exact) mass is 408 g/mol. The summed E-state index contributed by atoms with van der Waals surface area (Å²) in [6, 6.07) is 15.2. The lowest BCUT2D eigenvalue weighted by Crippen LogP contribution is -2.48. The molecule has 0 unspecified atom stereocenters. The third kappa shape index (κ3) is 4.03. The molecule has 1 heterocycles. The standard InChI is InChI=1S/C22H24N4O4/c1-3-15-10-12-16(13-11-15)19(28)25-24-18(27)14-26-20(29)22(4-2,23-21(26)30)17-8-6-5-7-9-17/h5-13H,3-4,14H2,1-2H3,(H,23,30)(H,24,27)(H,25,28)/t22-/m1/s1. The van der Waals surface area contributed by atoms with E-state index >= 15 is 0 Å². The molecular weight excluding hydrogens is 384 g/mol. The van der Waals surface area contributed by atoms with Gasteiger partial charge in [-0.25, -0.2) is 4.79 Å². The number of imide groups is 1. The number of benzene rings is 2. The number of urea groups is 1. The van der Waals surface area contributed by atoms with Gasteiger partial charge in [0.05, 0.1) is 0 Å². The molecule has 0 radical (unpaired) electrons. The molecule has 0 aromatic heterocycles. The number of carbonyl (C=O) groups is 4. The summed E-state index contributed by atoms with van der Waals surface area (Å²) in [4.78, 5) is 50.7. The van der Waals surface area contributed by atoms with E-state index in [2.05, 4.69) is 16.2 Å². The molecule has 0 aliphatic carbocycles. The van der Waals surface area contributed by atoms with E-state index < -0.39 is 35.8 Å².